The maximum absolute atomic E-state index is 14.0. The fraction of sp³-hybridized carbons (Fsp3) is 0.143. The van der Waals surface area contributed by atoms with Gasteiger partial charge in [-0.15, -0.1) is 22.6 Å². The van der Waals surface area contributed by atoms with Crippen molar-refractivity contribution in [1.82, 2.24) is 14.6 Å². The van der Waals surface area contributed by atoms with E-state index in [-0.39, 0.29) is 19.0 Å². The molecule has 0 saturated heterocycles. The first-order valence-corrected chi connectivity index (χ1v) is 9.65. The van der Waals surface area contributed by atoms with E-state index < -0.39 is 17.7 Å². The SMILES string of the molecule is Cc1cc(C(O)CO)ccc1-c1nnc2ccc(Sc3ccc(F)cc3F)cn12.Cl. The molecule has 2 aromatic carbocycles. The van der Waals surface area contributed by atoms with Gasteiger partial charge in [-0.25, -0.2) is 8.78 Å². The molecule has 0 bridgehead atoms. The zero-order valence-electron chi connectivity index (χ0n) is 15.8. The molecule has 0 aliphatic heterocycles. The second kappa shape index (κ2) is 9.09. The summed E-state index contributed by atoms with van der Waals surface area (Å²) in [6.45, 7) is 1.53. The van der Waals surface area contributed by atoms with Crippen LogP contribution in [0.5, 0.6) is 0 Å². The first-order valence-electron chi connectivity index (χ1n) is 8.84. The molecule has 4 aromatic rings. The number of hydrogen-bond acceptors (Lipinski definition) is 5. The third kappa shape index (κ3) is 4.32. The Morgan fingerprint density at radius 2 is 1.87 bits per heavy atom. The van der Waals surface area contributed by atoms with Gasteiger partial charge < -0.3 is 10.2 Å². The Hall–Kier alpha value is -2.52. The Labute approximate surface area is 181 Å². The van der Waals surface area contributed by atoms with Crippen LogP contribution in [-0.4, -0.2) is 31.4 Å². The van der Waals surface area contributed by atoms with Crippen LogP contribution in [0.25, 0.3) is 17.0 Å². The van der Waals surface area contributed by atoms with Crippen molar-refractivity contribution in [2.24, 2.45) is 0 Å². The molecule has 4 rings (SSSR count). The summed E-state index contributed by atoms with van der Waals surface area (Å²) in [5.41, 5.74) is 2.93. The Morgan fingerprint density at radius 1 is 1.07 bits per heavy atom. The Balaban J connectivity index is 0.00000256. The lowest BCUT2D eigenvalue weighted by molar-refractivity contribution is 0.0956. The monoisotopic (exact) mass is 449 g/mol. The van der Waals surface area contributed by atoms with E-state index in [0.717, 1.165) is 22.1 Å². The molecule has 5 nitrogen and oxygen atoms in total. The molecule has 0 aliphatic rings. The van der Waals surface area contributed by atoms with Crippen molar-refractivity contribution in [2.75, 3.05) is 6.61 Å². The number of fused-ring (bicyclic) bond motifs is 1. The van der Waals surface area contributed by atoms with Crippen molar-refractivity contribution in [3.05, 3.63) is 77.5 Å². The van der Waals surface area contributed by atoms with E-state index in [1.807, 2.05) is 13.0 Å². The summed E-state index contributed by atoms with van der Waals surface area (Å²) < 4.78 is 28.9. The fourth-order valence-electron chi connectivity index (χ4n) is 3.05. The van der Waals surface area contributed by atoms with E-state index in [2.05, 4.69) is 10.2 Å². The van der Waals surface area contributed by atoms with Gasteiger partial charge in [0.05, 0.1) is 6.61 Å². The largest absolute Gasteiger partial charge is 0.393 e. The van der Waals surface area contributed by atoms with E-state index in [0.29, 0.717) is 21.9 Å². The first kappa shape index (κ1) is 22.2. The predicted octanol–water partition coefficient (Wildman–Crippen LogP) is 4.58. The highest BCUT2D eigenvalue weighted by atomic mass is 35.5. The molecule has 0 radical (unpaired) electrons. The summed E-state index contributed by atoms with van der Waals surface area (Å²) in [6, 6.07) is 12.4. The van der Waals surface area contributed by atoms with Crippen molar-refractivity contribution in [2.45, 2.75) is 22.8 Å². The van der Waals surface area contributed by atoms with E-state index in [1.165, 1.54) is 23.9 Å². The minimum atomic E-state index is -0.938. The van der Waals surface area contributed by atoms with E-state index in [4.69, 9.17) is 5.11 Å². The highest BCUT2D eigenvalue weighted by molar-refractivity contribution is 7.99. The van der Waals surface area contributed by atoms with Crippen LogP contribution in [0.3, 0.4) is 0 Å². The molecule has 2 heterocycles. The lowest BCUT2D eigenvalue weighted by atomic mass is 10.0. The summed E-state index contributed by atoms with van der Waals surface area (Å²) in [7, 11) is 0. The number of nitrogens with zero attached hydrogens (tertiary/aromatic N) is 3. The van der Waals surface area contributed by atoms with Crippen molar-refractivity contribution < 1.29 is 19.0 Å². The third-order valence-corrected chi connectivity index (χ3v) is 5.57. The molecule has 1 unspecified atom stereocenters. The smallest absolute Gasteiger partial charge is 0.168 e. The van der Waals surface area contributed by atoms with Crippen LogP contribution in [0, 0.1) is 18.6 Å². The van der Waals surface area contributed by atoms with Crippen LogP contribution >= 0.6 is 24.2 Å². The average Bonchev–Trinajstić information content (AvgIpc) is 3.12. The van der Waals surface area contributed by atoms with E-state index in [9.17, 15) is 13.9 Å². The minimum Gasteiger partial charge on any atom is -0.393 e. The van der Waals surface area contributed by atoms with Gasteiger partial charge in [-0.3, -0.25) is 4.40 Å². The quantitative estimate of drug-likeness (QED) is 0.466. The molecule has 0 amide bonds. The molecular weight excluding hydrogens is 432 g/mol. The molecule has 9 heteroatoms. The number of pyridine rings is 1. The standard InChI is InChI=1S/C21H17F2N3O2S.ClH/c1-12-8-13(18(28)11-27)2-5-16(12)21-25-24-20-7-4-15(10-26(20)21)29-19-6-3-14(22)9-17(19)23;/h2-10,18,27-28H,11H2,1H3;1H. The molecule has 1 atom stereocenters. The molecule has 0 spiro atoms. The maximum Gasteiger partial charge on any atom is 0.168 e. The van der Waals surface area contributed by atoms with Crippen LogP contribution in [0.1, 0.15) is 17.2 Å². The number of aliphatic hydroxyl groups is 2. The van der Waals surface area contributed by atoms with Crippen molar-refractivity contribution in [3.63, 3.8) is 0 Å². The molecule has 2 aromatic heterocycles. The summed E-state index contributed by atoms with van der Waals surface area (Å²) in [5, 5.41) is 27.4. The van der Waals surface area contributed by atoms with Crippen molar-refractivity contribution in [3.8, 4) is 11.4 Å². The number of aromatic nitrogens is 3. The summed E-state index contributed by atoms with van der Waals surface area (Å²) in [4.78, 5) is 1.06. The summed E-state index contributed by atoms with van der Waals surface area (Å²) >= 11 is 1.18. The van der Waals surface area contributed by atoms with Crippen LogP contribution in [0.15, 0.2) is 64.5 Å². The normalized spacial score (nSPS) is 12.0. The van der Waals surface area contributed by atoms with Gasteiger partial charge in [0.25, 0.3) is 0 Å². The summed E-state index contributed by atoms with van der Waals surface area (Å²) in [5.74, 6) is -0.633. The maximum atomic E-state index is 14.0. The van der Waals surface area contributed by atoms with Gasteiger partial charge in [-0.05, 0) is 42.3 Å². The number of rotatable bonds is 5. The van der Waals surface area contributed by atoms with Gasteiger partial charge in [0.15, 0.2) is 11.5 Å². The molecule has 30 heavy (non-hydrogen) atoms. The number of halogens is 3. The lowest BCUT2D eigenvalue weighted by Gasteiger charge is -2.11. The van der Waals surface area contributed by atoms with Gasteiger partial charge in [0, 0.05) is 27.6 Å². The molecule has 0 saturated carbocycles. The number of benzene rings is 2. The highest BCUT2D eigenvalue weighted by Crippen LogP contribution is 2.32. The Morgan fingerprint density at radius 3 is 2.57 bits per heavy atom. The second-order valence-electron chi connectivity index (χ2n) is 6.57. The van der Waals surface area contributed by atoms with Gasteiger partial charge in [0.2, 0.25) is 0 Å². The van der Waals surface area contributed by atoms with Crippen LogP contribution in [0.2, 0.25) is 0 Å². The van der Waals surface area contributed by atoms with Gasteiger partial charge in [-0.1, -0.05) is 30.0 Å². The number of aliphatic hydroxyl groups excluding tert-OH is 2. The molecule has 0 fully saturated rings. The van der Waals surface area contributed by atoms with Gasteiger partial charge in [-0.2, -0.15) is 0 Å². The van der Waals surface area contributed by atoms with Crippen LogP contribution < -0.4 is 0 Å². The van der Waals surface area contributed by atoms with Crippen molar-refractivity contribution >= 4 is 29.8 Å². The topological polar surface area (TPSA) is 70.7 Å². The Bertz CT molecular complexity index is 1200. The lowest BCUT2D eigenvalue weighted by Crippen LogP contribution is -2.03. The third-order valence-electron chi connectivity index (χ3n) is 4.55. The highest BCUT2D eigenvalue weighted by Gasteiger charge is 2.14. The molecule has 156 valence electrons. The van der Waals surface area contributed by atoms with Gasteiger partial charge in [0.1, 0.15) is 17.7 Å². The number of hydrogen-bond donors (Lipinski definition) is 2. The molecule has 0 aliphatic carbocycles. The Kier molecular flexibility index (Phi) is 6.72. The van der Waals surface area contributed by atoms with Gasteiger partial charge >= 0.3 is 0 Å². The zero-order valence-corrected chi connectivity index (χ0v) is 17.4. The van der Waals surface area contributed by atoms with Crippen LogP contribution in [0.4, 0.5) is 8.78 Å². The van der Waals surface area contributed by atoms with Crippen LogP contribution in [-0.2, 0) is 0 Å². The minimum absolute atomic E-state index is 0. The average molecular weight is 450 g/mol. The van der Waals surface area contributed by atoms with Crippen molar-refractivity contribution in [1.29, 1.82) is 0 Å². The zero-order chi connectivity index (χ0) is 20.5. The fourth-order valence-corrected chi connectivity index (χ4v) is 3.89. The van der Waals surface area contributed by atoms with E-state index >= 15 is 0 Å². The first-order chi connectivity index (χ1) is 14.0. The van der Waals surface area contributed by atoms with E-state index in [1.54, 1.807) is 34.9 Å². The second-order valence-corrected chi connectivity index (χ2v) is 7.68. The molecule has 2 N–H and O–H groups in total. The predicted molar refractivity (Wildman–Crippen MR) is 113 cm³/mol. The number of aryl methyl sites for hydroxylation is 1. The summed E-state index contributed by atoms with van der Waals surface area (Å²) in [6.07, 6.45) is 0.861. The molecular formula is C21H18ClF2N3O2S.